The molecule has 1 aliphatic rings. The molecule has 3 amide bonds. The van der Waals surface area contributed by atoms with Crippen molar-refractivity contribution in [2.45, 2.75) is 33.3 Å². The second-order valence-corrected chi connectivity index (χ2v) is 7.36. The number of nitrogens with zero attached hydrogens (tertiary/aromatic N) is 1. The molecule has 0 aliphatic carbocycles. The molecule has 29 heavy (non-hydrogen) atoms. The Morgan fingerprint density at radius 3 is 2.45 bits per heavy atom. The third-order valence-electron chi connectivity index (χ3n) is 5.07. The molecule has 6 nitrogen and oxygen atoms in total. The first kappa shape index (κ1) is 20.5. The van der Waals surface area contributed by atoms with Gasteiger partial charge >= 0.3 is 6.03 Å². The summed E-state index contributed by atoms with van der Waals surface area (Å²) < 4.78 is 5.80. The van der Waals surface area contributed by atoms with Crippen molar-refractivity contribution in [3.05, 3.63) is 65.2 Å². The van der Waals surface area contributed by atoms with E-state index in [1.54, 1.807) is 11.8 Å². The molecular weight excluding hydrogens is 366 g/mol. The van der Waals surface area contributed by atoms with Gasteiger partial charge in [0, 0.05) is 18.8 Å². The first-order valence-electron chi connectivity index (χ1n) is 9.72. The van der Waals surface area contributed by atoms with E-state index in [9.17, 15) is 9.59 Å². The first-order chi connectivity index (χ1) is 13.8. The van der Waals surface area contributed by atoms with Crippen molar-refractivity contribution in [1.29, 1.82) is 0 Å². The van der Waals surface area contributed by atoms with E-state index >= 15 is 0 Å². The van der Waals surface area contributed by atoms with Crippen LogP contribution in [-0.4, -0.2) is 36.0 Å². The van der Waals surface area contributed by atoms with E-state index in [0.29, 0.717) is 18.8 Å². The molecule has 0 fully saturated rings. The van der Waals surface area contributed by atoms with Crippen LogP contribution in [0.15, 0.2) is 48.5 Å². The molecule has 152 valence electrons. The SMILES string of the molecule is Cc1ccc(NC(=O)[C@@H](C)Oc2ccc(C3=CCN(C(N)=O)CC3)cc2)c(C)c1. The monoisotopic (exact) mass is 393 g/mol. The molecule has 0 radical (unpaired) electrons. The lowest BCUT2D eigenvalue weighted by atomic mass is 9.99. The average Bonchev–Trinajstić information content (AvgIpc) is 2.70. The van der Waals surface area contributed by atoms with Gasteiger partial charge in [0.2, 0.25) is 0 Å². The van der Waals surface area contributed by atoms with Crippen molar-refractivity contribution in [2.75, 3.05) is 18.4 Å². The van der Waals surface area contributed by atoms with Crippen LogP contribution in [-0.2, 0) is 4.79 Å². The Bertz CT molecular complexity index is 935. The molecule has 0 aromatic heterocycles. The molecule has 3 rings (SSSR count). The number of anilines is 1. The van der Waals surface area contributed by atoms with Crippen molar-refractivity contribution < 1.29 is 14.3 Å². The summed E-state index contributed by atoms with van der Waals surface area (Å²) >= 11 is 0. The van der Waals surface area contributed by atoms with Gasteiger partial charge in [-0.15, -0.1) is 0 Å². The third kappa shape index (κ3) is 5.16. The van der Waals surface area contributed by atoms with Crippen LogP contribution in [0.1, 0.15) is 30.0 Å². The van der Waals surface area contributed by atoms with Crippen molar-refractivity contribution in [3.63, 3.8) is 0 Å². The Morgan fingerprint density at radius 2 is 1.86 bits per heavy atom. The van der Waals surface area contributed by atoms with E-state index in [0.717, 1.165) is 28.8 Å². The van der Waals surface area contributed by atoms with E-state index in [-0.39, 0.29) is 5.91 Å². The van der Waals surface area contributed by atoms with E-state index in [2.05, 4.69) is 5.32 Å². The minimum absolute atomic E-state index is 0.192. The molecule has 0 unspecified atom stereocenters. The topological polar surface area (TPSA) is 84.7 Å². The number of carbonyl (C=O) groups is 2. The number of nitrogens with two attached hydrogens (primary N) is 1. The smallest absolute Gasteiger partial charge is 0.315 e. The fourth-order valence-corrected chi connectivity index (χ4v) is 3.32. The van der Waals surface area contributed by atoms with Gasteiger partial charge in [-0.25, -0.2) is 4.79 Å². The summed E-state index contributed by atoms with van der Waals surface area (Å²) in [7, 11) is 0. The Balaban J connectivity index is 1.59. The van der Waals surface area contributed by atoms with Gasteiger partial charge in [-0.1, -0.05) is 35.9 Å². The number of ether oxygens (including phenoxy) is 1. The molecule has 0 bridgehead atoms. The average molecular weight is 393 g/mol. The van der Waals surface area contributed by atoms with Crippen LogP contribution in [0.25, 0.3) is 5.57 Å². The van der Waals surface area contributed by atoms with Crippen molar-refractivity contribution in [3.8, 4) is 5.75 Å². The van der Waals surface area contributed by atoms with Gasteiger partial charge in [-0.3, -0.25) is 4.79 Å². The van der Waals surface area contributed by atoms with Crippen LogP contribution < -0.4 is 15.8 Å². The van der Waals surface area contributed by atoms with Gasteiger partial charge < -0.3 is 20.7 Å². The highest BCUT2D eigenvalue weighted by molar-refractivity contribution is 5.94. The molecule has 3 N–H and O–H groups in total. The fourth-order valence-electron chi connectivity index (χ4n) is 3.32. The number of carbonyl (C=O) groups excluding carboxylic acids is 2. The lowest BCUT2D eigenvalue weighted by Gasteiger charge is -2.25. The number of benzene rings is 2. The number of rotatable bonds is 5. The molecule has 2 aromatic rings. The van der Waals surface area contributed by atoms with E-state index in [1.165, 1.54) is 5.57 Å². The zero-order valence-electron chi connectivity index (χ0n) is 17.1. The second-order valence-electron chi connectivity index (χ2n) is 7.36. The summed E-state index contributed by atoms with van der Waals surface area (Å²) in [6, 6.07) is 13.2. The lowest BCUT2D eigenvalue weighted by Crippen LogP contribution is -2.38. The van der Waals surface area contributed by atoms with Crippen LogP contribution in [0.5, 0.6) is 5.75 Å². The van der Waals surface area contributed by atoms with Gasteiger partial charge in [0.25, 0.3) is 5.91 Å². The van der Waals surface area contributed by atoms with Gasteiger partial charge in [-0.05, 0) is 62.1 Å². The fraction of sp³-hybridized carbons (Fsp3) is 0.304. The maximum atomic E-state index is 12.5. The molecule has 0 saturated carbocycles. The highest BCUT2D eigenvalue weighted by Gasteiger charge is 2.17. The zero-order valence-corrected chi connectivity index (χ0v) is 17.1. The highest BCUT2D eigenvalue weighted by atomic mass is 16.5. The van der Waals surface area contributed by atoms with E-state index in [1.807, 2.05) is 62.4 Å². The van der Waals surface area contributed by atoms with Crippen LogP contribution in [0.4, 0.5) is 10.5 Å². The summed E-state index contributed by atoms with van der Waals surface area (Å²) in [5.74, 6) is 0.440. The van der Waals surface area contributed by atoms with E-state index < -0.39 is 12.1 Å². The Morgan fingerprint density at radius 1 is 1.14 bits per heavy atom. The van der Waals surface area contributed by atoms with Crippen molar-refractivity contribution in [2.24, 2.45) is 5.73 Å². The quantitative estimate of drug-likeness (QED) is 0.808. The maximum Gasteiger partial charge on any atom is 0.315 e. The summed E-state index contributed by atoms with van der Waals surface area (Å²) in [6.07, 6.45) is 2.15. The van der Waals surface area contributed by atoms with Crippen molar-refractivity contribution in [1.82, 2.24) is 4.90 Å². The molecule has 6 heteroatoms. The molecule has 1 aliphatic heterocycles. The van der Waals surface area contributed by atoms with Gasteiger partial charge in [-0.2, -0.15) is 0 Å². The van der Waals surface area contributed by atoms with E-state index in [4.69, 9.17) is 10.5 Å². The zero-order chi connectivity index (χ0) is 21.0. The number of primary amides is 1. The summed E-state index contributed by atoms with van der Waals surface area (Å²) in [5.41, 5.74) is 10.5. The highest BCUT2D eigenvalue weighted by Crippen LogP contribution is 2.25. The molecule has 2 aromatic carbocycles. The molecule has 0 spiro atoms. The minimum atomic E-state index is -0.625. The van der Waals surface area contributed by atoms with Crippen molar-refractivity contribution >= 4 is 23.2 Å². The largest absolute Gasteiger partial charge is 0.481 e. The Kier molecular flexibility index (Phi) is 6.22. The van der Waals surface area contributed by atoms with Crippen LogP contribution >= 0.6 is 0 Å². The number of urea groups is 1. The summed E-state index contributed by atoms with van der Waals surface area (Å²) in [4.78, 5) is 25.3. The summed E-state index contributed by atoms with van der Waals surface area (Å²) in [6.45, 7) is 6.86. The van der Waals surface area contributed by atoms with Gasteiger partial charge in [0.15, 0.2) is 6.10 Å². The molecule has 1 heterocycles. The predicted octanol–water partition coefficient (Wildman–Crippen LogP) is 3.88. The van der Waals surface area contributed by atoms with Crippen LogP contribution in [0.2, 0.25) is 0 Å². The number of aryl methyl sites for hydroxylation is 2. The number of nitrogens with one attached hydrogen (secondary N) is 1. The first-order valence-corrected chi connectivity index (χ1v) is 9.72. The molecular formula is C23H27N3O3. The summed E-state index contributed by atoms with van der Waals surface area (Å²) in [5, 5.41) is 2.92. The maximum absolute atomic E-state index is 12.5. The number of hydrogen-bond donors (Lipinski definition) is 2. The van der Waals surface area contributed by atoms with Crippen LogP contribution in [0.3, 0.4) is 0 Å². The standard InChI is InChI=1S/C23H27N3O3/c1-15-4-9-21(16(2)14-15)25-22(27)17(3)29-20-7-5-18(6-8-20)19-10-12-26(13-11-19)23(24)28/h4-10,14,17H,11-13H2,1-3H3,(H2,24,28)(H,25,27)/t17-/m1/s1. The molecule has 0 saturated heterocycles. The van der Waals surface area contributed by atoms with Gasteiger partial charge in [0.1, 0.15) is 5.75 Å². The second kappa shape index (κ2) is 8.82. The number of amides is 3. The lowest BCUT2D eigenvalue weighted by molar-refractivity contribution is -0.122. The third-order valence-corrected chi connectivity index (χ3v) is 5.07. The molecule has 1 atom stereocenters. The predicted molar refractivity (Wildman–Crippen MR) is 115 cm³/mol. The minimum Gasteiger partial charge on any atom is -0.481 e. The Hall–Kier alpha value is -3.28. The van der Waals surface area contributed by atoms with Crippen LogP contribution in [0, 0.1) is 13.8 Å². The number of hydrogen-bond acceptors (Lipinski definition) is 3. The van der Waals surface area contributed by atoms with Gasteiger partial charge in [0.05, 0.1) is 0 Å². The Labute approximate surface area is 171 Å². The normalized spacial score (nSPS) is 14.7.